The highest BCUT2D eigenvalue weighted by Gasteiger charge is 2.24. The van der Waals surface area contributed by atoms with Crippen molar-refractivity contribution in [3.63, 3.8) is 0 Å². The number of likely N-dealkylation sites (N-methyl/N-ethyl adjacent to an activating group) is 1. The zero-order chi connectivity index (χ0) is 14.3. The van der Waals surface area contributed by atoms with Gasteiger partial charge in [0.05, 0.1) is 6.07 Å². The van der Waals surface area contributed by atoms with Crippen LogP contribution in [-0.2, 0) is 0 Å². The van der Waals surface area contributed by atoms with Gasteiger partial charge in [0.1, 0.15) is 5.54 Å². The van der Waals surface area contributed by atoms with Crippen molar-refractivity contribution in [1.82, 2.24) is 15.1 Å². The van der Waals surface area contributed by atoms with Crippen LogP contribution in [0.1, 0.15) is 39.5 Å². The fraction of sp³-hybridized carbons (Fsp3) is 0.933. The van der Waals surface area contributed by atoms with Gasteiger partial charge in [0.15, 0.2) is 0 Å². The molecule has 2 unspecified atom stereocenters. The Balaban J connectivity index is 2.44. The molecule has 19 heavy (non-hydrogen) atoms. The van der Waals surface area contributed by atoms with Gasteiger partial charge in [-0.05, 0) is 66.3 Å². The van der Waals surface area contributed by atoms with Gasteiger partial charge in [-0.15, -0.1) is 0 Å². The molecule has 0 spiro atoms. The van der Waals surface area contributed by atoms with E-state index in [0.29, 0.717) is 6.04 Å². The Bertz CT molecular complexity index is 299. The lowest BCUT2D eigenvalue weighted by atomic mass is 9.97. The number of nitrogens with zero attached hydrogens (tertiary/aromatic N) is 3. The highest BCUT2D eigenvalue weighted by molar-refractivity contribution is 5.02. The summed E-state index contributed by atoms with van der Waals surface area (Å²) >= 11 is 0. The molecule has 0 aliphatic carbocycles. The molecule has 1 aliphatic heterocycles. The van der Waals surface area contributed by atoms with Crippen molar-refractivity contribution < 1.29 is 0 Å². The molecule has 1 heterocycles. The van der Waals surface area contributed by atoms with Crippen molar-refractivity contribution in [2.45, 2.75) is 51.1 Å². The number of nitrogens with one attached hydrogen (secondary N) is 1. The first-order valence-corrected chi connectivity index (χ1v) is 7.57. The number of nitriles is 1. The zero-order valence-electron chi connectivity index (χ0n) is 13.1. The molecule has 1 N–H and O–H groups in total. The Hall–Kier alpha value is -0.630. The van der Waals surface area contributed by atoms with Gasteiger partial charge in [0.25, 0.3) is 0 Å². The van der Waals surface area contributed by atoms with Crippen LogP contribution in [0.4, 0.5) is 0 Å². The second-order valence-electron chi connectivity index (χ2n) is 6.01. The van der Waals surface area contributed by atoms with Gasteiger partial charge >= 0.3 is 0 Å². The smallest absolute Gasteiger partial charge is 0.103 e. The predicted molar refractivity (Wildman–Crippen MR) is 80.1 cm³/mol. The van der Waals surface area contributed by atoms with E-state index in [9.17, 15) is 0 Å². The van der Waals surface area contributed by atoms with E-state index in [4.69, 9.17) is 5.26 Å². The van der Waals surface area contributed by atoms with Crippen molar-refractivity contribution >= 4 is 0 Å². The summed E-state index contributed by atoms with van der Waals surface area (Å²) in [6.45, 7) is 8.97. The van der Waals surface area contributed by atoms with Crippen molar-refractivity contribution in [1.29, 1.82) is 5.26 Å². The Kier molecular flexibility index (Phi) is 6.78. The molecule has 1 rings (SSSR count). The number of hydrogen-bond acceptors (Lipinski definition) is 4. The SMILES string of the molecule is CCC1CN(C)CCCN1CCCC(C)(C#N)NC. The second-order valence-corrected chi connectivity index (χ2v) is 6.01. The Morgan fingerprint density at radius 1 is 1.42 bits per heavy atom. The molecule has 0 aromatic heterocycles. The molecule has 0 bridgehead atoms. The Labute approximate surface area is 118 Å². The van der Waals surface area contributed by atoms with Crippen molar-refractivity contribution in [2.24, 2.45) is 0 Å². The van der Waals surface area contributed by atoms with Crippen LogP contribution in [-0.4, -0.2) is 61.7 Å². The van der Waals surface area contributed by atoms with Crippen LogP contribution in [0.5, 0.6) is 0 Å². The minimum atomic E-state index is -0.371. The summed E-state index contributed by atoms with van der Waals surface area (Å²) in [5.41, 5.74) is -0.371. The summed E-state index contributed by atoms with van der Waals surface area (Å²) < 4.78 is 0. The van der Waals surface area contributed by atoms with Crippen LogP contribution >= 0.6 is 0 Å². The monoisotopic (exact) mass is 266 g/mol. The largest absolute Gasteiger partial charge is 0.305 e. The van der Waals surface area contributed by atoms with E-state index in [0.717, 1.165) is 19.4 Å². The van der Waals surface area contributed by atoms with Gasteiger partial charge in [-0.2, -0.15) is 5.26 Å². The average Bonchev–Trinajstić information content (AvgIpc) is 2.60. The molecule has 2 atom stereocenters. The van der Waals surface area contributed by atoms with Crippen molar-refractivity contribution in [2.75, 3.05) is 40.3 Å². The maximum absolute atomic E-state index is 9.17. The fourth-order valence-corrected chi connectivity index (χ4v) is 2.85. The van der Waals surface area contributed by atoms with Gasteiger partial charge in [0.2, 0.25) is 0 Å². The third-order valence-electron chi connectivity index (χ3n) is 4.42. The average molecular weight is 266 g/mol. The molecule has 4 nitrogen and oxygen atoms in total. The molecule has 0 radical (unpaired) electrons. The standard InChI is InChI=1S/C15H30N4/c1-5-14-12-18(4)9-7-11-19(14)10-6-8-15(2,13-16)17-3/h14,17H,5-12H2,1-4H3. The maximum Gasteiger partial charge on any atom is 0.103 e. The normalized spacial score (nSPS) is 25.5. The molecule has 0 saturated carbocycles. The van der Waals surface area contributed by atoms with E-state index in [-0.39, 0.29) is 5.54 Å². The number of hydrogen-bond donors (Lipinski definition) is 1. The van der Waals surface area contributed by atoms with E-state index in [1.54, 1.807) is 0 Å². The molecule has 1 aliphatic rings. The van der Waals surface area contributed by atoms with E-state index in [1.165, 1.54) is 32.5 Å². The maximum atomic E-state index is 9.17. The third kappa shape index (κ3) is 5.10. The van der Waals surface area contributed by atoms with Gasteiger partial charge in [0, 0.05) is 12.6 Å². The van der Waals surface area contributed by atoms with Gasteiger partial charge in [-0.1, -0.05) is 6.92 Å². The molecule has 4 heteroatoms. The van der Waals surface area contributed by atoms with E-state index < -0.39 is 0 Å². The quantitative estimate of drug-likeness (QED) is 0.794. The topological polar surface area (TPSA) is 42.3 Å². The van der Waals surface area contributed by atoms with Gasteiger partial charge in [-0.3, -0.25) is 4.90 Å². The predicted octanol–water partition coefficient (Wildman–Crippen LogP) is 1.68. The summed E-state index contributed by atoms with van der Waals surface area (Å²) in [5.74, 6) is 0. The van der Waals surface area contributed by atoms with E-state index in [1.807, 2.05) is 14.0 Å². The summed E-state index contributed by atoms with van der Waals surface area (Å²) in [6.07, 6.45) is 4.48. The Morgan fingerprint density at radius 3 is 2.74 bits per heavy atom. The lowest BCUT2D eigenvalue weighted by molar-refractivity contribution is 0.177. The van der Waals surface area contributed by atoms with Crippen LogP contribution in [0.3, 0.4) is 0 Å². The summed E-state index contributed by atoms with van der Waals surface area (Å²) in [6, 6.07) is 3.05. The summed E-state index contributed by atoms with van der Waals surface area (Å²) in [4.78, 5) is 5.07. The Morgan fingerprint density at radius 2 is 2.16 bits per heavy atom. The first-order valence-electron chi connectivity index (χ1n) is 7.57. The molecule has 1 fully saturated rings. The molecular formula is C15H30N4. The van der Waals surface area contributed by atoms with Crippen LogP contribution in [0.25, 0.3) is 0 Å². The van der Waals surface area contributed by atoms with Gasteiger partial charge in [-0.25, -0.2) is 0 Å². The van der Waals surface area contributed by atoms with Crippen LogP contribution < -0.4 is 5.32 Å². The third-order valence-corrected chi connectivity index (χ3v) is 4.42. The molecule has 0 aromatic rings. The molecule has 0 amide bonds. The minimum Gasteiger partial charge on any atom is -0.305 e. The van der Waals surface area contributed by atoms with Crippen molar-refractivity contribution in [3.8, 4) is 6.07 Å². The first-order chi connectivity index (χ1) is 9.04. The fourth-order valence-electron chi connectivity index (χ4n) is 2.85. The van der Waals surface area contributed by atoms with Crippen LogP contribution in [0.2, 0.25) is 0 Å². The van der Waals surface area contributed by atoms with Gasteiger partial charge < -0.3 is 10.2 Å². The highest BCUT2D eigenvalue weighted by Crippen LogP contribution is 2.16. The minimum absolute atomic E-state index is 0.371. The van der Waals surface area contributed by atoms with Crippen molar-refractivity contribution in [3.05, 3.63) is 0 Å². The molecule has 0 aromatic carbocycles. The van der Waals surface area contributed by atoms with Crippen LogP contribution in [0.15, 0.2) is 0 Å². The lowest BCUT2D eigenvalue weighted by Crippen LogP contribution is -2.42. The lowest BCUT2D eigenvalue weighted by Gasteiger charge is -2.31. The second kappa shape index (κ2) is 7.84. The van der Waals surface area contributed by atoms with Crippen LogP contribution in [0, 0.1) is 11.3 Å². The molecule has 1 saturated heterocycles. The van der Waals surface area contributed by atoms with E-state index in [2.05, 4.69) is 35.2 Å². The molecule has 110 valence electrons. The first kappa shape index (κ1) is 16.4. The highest BCUT2D eigenvalue weighted by atomic mass is 15.2. The number of rotatable bonds is 6. The summed E-state index contributed by atoms with van der Waals surface area (Å²) in [5, 5.41) is 12.3. The molecular weight excluding hydrogens is 236 g/mol. The summed E-state index contributed by atoms with van der Waals surface area (Å²) in [7, 11) is 4.10. The zero-order valence-corrected chi connectivity index (χ0v) is 13.1. The van der Waals surface area contributed by atoms with E-state index >= 15 is 0 Å².